The zero-order valence-corrected chi connectivity index (χ0v) is 12.9. The van der Waals surface area contributed by atoms with Crippen molar-refractivity contribution in [3.63, 3.8) is 0 Å². The smallest absolute Gasteiger partial charge is 0.256 e. The maximum Gasteiger partial charge on any atom is 0.256 e. The molecule has 1 N–H and O–H groups in total. The molecule has 0 aliphatic carbocycles. The first-order valence-electron chi connectivity index (χ1n) is 6.56. The maximum absolute atomic E-state index is 12.6. The van der Waals surface area contributed by atoms with Crippen LogP contribution >= 0.6 is 23.4 Å². The summed E-state index contributed by atoms with van der Waals surface area (Å²) >= 11 is 7.94. The lowest BCUT2D eigenvalue weighted by Crippen LogP contribution is -2.41. The number of carbonyl (C=O) groups excluding carboxylic acids is 1. The third-order valence-corrected chi connectivity index (χ3v) is 4.48. The molecule has 19 heavy (non-hydrogen) atoms. The second-order valence-corrected chi connectivity index (χ2v) is 6.64. The number of nitrogens with zero attached hydrogens (tertiary/aromatic N) is 1. The van der Waals surface area contributed by atoms with Gasteiger partial charge in [-0.2, -0.15) is 11.8 Å². The quantitative estimate of drug-likeness (QED) is 0.929. The third-order valence-electron chi connectivity index (χ3n) is 3.11. The molecule has 0 saturated carbocycles. The van der Waals surface area contributed by atoms with E-state index in [9.17, 15) is 4.79 Å². The molecule has 1 fully saturated rings. The molecule has 3 nitrogen and oxygen atoms in total. The van der Waals surface area contributed by atoms with Gasteiger partial charge in [0.05, 0.1) is 5.56 Å². The van der Waals surface area contributed by atoms with E-state index in [1.165, 1.54) is 0 Å². The molecule has 5 heteroatoms. The molecule has 1 aromatic rings. The summed E-state index contributed by atoms with van der Waals surface area (Å²) in [5.41, 5.74) is 1.54. The van der Waals surface area contributed by atoms with Crippen molar-refractivity contribution in [2.75, 3.05) is 30.7 Å². The summed E-state index contributed by atoms with van der Waals surface area (Å²) in [6.07, 6.45) is 0. The van der Waals surface area contributed by atoms with E-state index in [-0.39, 0.29) is 5.91 Å². The lowest BCUT2D eigenvalue weighted by molar-refractivity contribution is 0.0764. The Kier molecular flexibility index (Phi) is 4.99. The van der Waals surface area contributed by atoms with Crippen molar-refractivity contribution in [3.05, 3.63) is 28.8 Å². The number of anilines is 1. The fraction of sp³-hybridized carbons (Fsp3) is 0.500. The van der Waals surface area contributed by atoms with E-state index < -0.39 is 0 Å². The number of rotatable bonds is 3. The fourth-order valence-electron chi connectivity index (χ4n) is 2.21. The lowest BCUT2D eigenvalue weighted by atomic mass is 10.1. The van der Waals surface area contributed by atoms with Gasteiger partial charge >= 0.3 is 0 Å². The number of benzene rings is 1. The van der Waals surface area contributed by atoms with Crippen LogP contribution in [0, 0.1) is 0 Å². The number of thioether (sulfide) groups is 1. The largest absolute Gasteiger partial charge is 0.385 e. The van der Waals surface area contributed by atoms with E-state index in [1.807, 2.05) is 35.7 Å². The summed E-state index contributed by atoms with van der Waals surface area (Å²) in [4.78, 5) is 14.5. The Morgan fingerprint density at radius 1 is 1.58 bits per heavy atom. The summed E-state index contributed by atoms with van der Waals surface area (Å²) in [5.74, 6) is 1.08. The summed E-state index contributed by atoms with van der Waals surface area (Å²) in [7, 11) is 0. The van der Waals surface area contributed by atoms with E-state index in [1.54, 1.807) is 6.07 Å². The molecule has 1 saturated heterocycles. The molecule has 0 bridgehead atoms. The Hall–Kier alpha value is -0.870. The van der Waals surface area contributed by atoms with E-state index >= 15 is 0 Å². The van der Waals surface area contributed by atoms with Crippen LogP contribution in [0.2, 0.25) is 5.02 Å². The zero-order chi connectivity index (χ0) is 13.8. The fourth-order valence-corrected chi connectivity index (χ4v) is 3.40. The van der Waals surface area contributed by atoms with Crippen molar-refractivity contribution in [2.45, 2.75) is 19.1 Å². The molecular formula is C14H19ClN2OS. The van der Waals surface area contributed by atoms with Gasteiger partial charge in [0.25, 0.3) is 5.91 Å². The number of nitrogens with one attached hydrogen (secondary N) is 1. The molecule has 1 unspecified atom stereocenters. The van der Waals surface area contributed by atoms with Gasteiger partial charge in [-0.25, -0.2) is 0 Å². The predicted octanol–water partition coefficient (Wildman–Crippen LogP) is 3.35. The topological polar surface area (TPSA) is 32.3 Å². The van der Waals surface area contributed by atoms with E-state index in [2.05, 4.69) is 12.2 Å². The van der Waals surface area contributed by atoms with Crippen LogP contribution in [-0.2, 0) is 0 Å². The molecule has 1 amide bonds. The first-order valence-corrected chi connectivity index (χ1v) is 7.98. The Morgan fingerprint density at radius 2 is 2.37 bits per heavy atom. The van der Waals surface area contributed by atoms with Gasteiger partial charge in [-0.15, -0.1) is 0 Å². The number of halogens is 1. The molecule has 0 radical (unpaired) electrons. The summed E-state index contributed by atoms with van der Waals surface area (Å²) in [5, 5.41) is 4.32. The van der Waals surface area contributed by atoms with Crippen molar-refractivity contribution in [1.29, 1.82) is 0 Å². The van der Waals surface area contributed by atoms with Crippen LogP contribution in [0.15, 0.2) is 18.2 Å². The summed E-state index contributed by atoms with van der Waals surface area (Å²) < 4.78 is 0. The van der Waals surface area contributed by atoms with E-state index in [0.717, 1.165) is 31.1 Å². The van der Waals surface area contributed by atoms with E-state index in [0.29, 0.717) is 15.8 Å². The molecule has 1 atom stereocenters. The van der Waals surface area contributed by atoms with Crippen molar-refractivity contribution in [2.24, 2.45) is 0 Å². The number of hydrogen-bond donors (Lipinski definition) is 1. The van der Waals surface area contributed by atoms with Crippen LogP contribution in [-0.4, -0.2) is 41.4 Å². The average Bonchev–Trinajstić information content (AvgIpc) is 2.40. The van der Waals surface area contributed by atoms with Gasteiger partial charge in [-0.3, -0.25) is 4.79 Å². The SMILES string of the molecule is CCNc1ccc(Cl)cc1C(=O)N1CCSC(C)C1. The summed E-state index contributed by atoms with van der Waals surface area (Å²) in [6, 6.07) is 5.44. The van der Waals surface area contributed by atoms with Crippen LogP contribution in [0.25, 0.3) is 0 Å². The maximum atomic E-state index is 12.6. The highest BCUT2D eigenvalue weighted by Crippen LogP contribution is 2.25. The molecule has 0 spiro atoms. The Bertz CT molecular complexity index is 467. The minimum absolute atomic E-state index is 0.0746. The molecule has 1 heterocycles. The second kappa shape index (κ2) is 6.53. The van der Waals surface area contributed by atoms with Crippen molar-refractivity contribution < 1.29 is 4.79 Å². The number of carbonyl (C=O) groups is 1. The molecule has 2 rings (SSSR count). The van der Waals surface area contributed by atoms with Gasteiger partial charge in [0.2, 0.25) is 0 Å². The van der Waals surface area contributed by atoms with Crippen LogP contribution in [0.5, 0.6) is 0 Å². The number of amides is 1. The molecular weight excluding hydrogens is 280 g/mol. The standard InChI is InChI=1S/C14H19ClN2OS/c1-3-16-13-5-4-11(15)8-12(13)14(18)17-6-7-19-10(2)9-17/h4-5,8,10,16H,3,6-7,9H2,1-2H3. The molecule has 1 aromatic carbocycles. The molecule has 104 valence electrons. The third kappa shape index (κ3) is 3.57. The minimum atomic E-state index is 0.0746. The van der Waals surface area contributed by atoms with Gasteiger partial charge < -0.3 is 10.2 Å². The monoisotopic (exact) mass is 298 g/mol. The Balaban J connectivity index is 2.24. The zero-order valence-electron chi connectivity index (χ0n) is 11.3. The Labute approximate surface area is 123 Å². The van der Waals surface area contributed by atoms with Gasteiger partial charge in [0, 0.05) is 41.3 Å². The van der Waals surface area contributed by atoms with Gasteiger partial charge in [-0.05, 0) is 25.1 Å². The first kappa shape index (κ1) is 14.5. The highest BCUT2D eigenvalue weighted by Gasteiger charge is 2.24. The molecule has 0 aromatic heterocycles. The van der Waals surface area contributed by atoms with Crippen LogP contribution in [0.4, 0.5) is 5.69 Å². The van der Waals surface area contributed by atoms with Gasteiger partial charge in [-0.1, -0.05) is 18.5 Å². The molecule has 1 aliphatic heterocycles. The second-order valence-electron chi connectivity index (χ2n) is 4.65. The molecule has 1 aliphatic rings. The Morgan fingerprint density at radius 3 is 3.05 bits per heavy atom. The van der Waals surface area contributed by atoms with Crippen LogP contribution < -0.4 is 5.32 Å². The van der Waals surface area contributed by atoms with Crippen LogP contribution in [0.1, 0.15) is 24.2 Å². The number of hydrogen-bond acceptors (Lipinski definition) is 3. The van der Waals surface area contributed by atoms with E-state index in [4.69, 9.17) is 11.6 Å². The van der Waals surface area contributed by atoms with Gasteiger partial charge in [0.15, 0.2) is 0 Å². The summed E-state index contributed by atoms with van der Waals surface area (Å²) in [6.45, 7) is 6.58. The lowest BCUT2D eigenvalue weighted by Gasteiger charge is -2.31. The normalized spacial score (nSPS) is 19.3. The highest BCUT2D eigenvalue weighted by atomic mass is 35.5. The van der Waals surface area contributed by atoms with Crippen LogP contribution in [0.3, 0.4) is 0 Å². The van der Waals surface area contributed by atoms with Gasteiger partial charge in [0.1, 0.15) is 0 Å². The first-order chi connectivity index (χ1) is 9.11. The van der Waals surface area contributed by atoms with Crippen molar-refractivity contribution in [3.8, 4) is 0 Å². The average molecular weight is 299 g/mol. The van der Waals surface area contributed by atoms with Crippen molar-refractivity contribution >= 4 is 35.0 Å². The van der Waals surface area contributed by atoms with Crippen molar-refractivity contribution in [1.82, 2.24) is 4.90 Å². The predicted molar refractivity (Wildman–Crippen MR) is 83.4 cm³/mol. The minimum Gasteiger partial charge on any atom is -0.385 e. The highest BCUT2D eigenvalue weighted by molar-refractivity contribution is 7.99.